The molecule has 2 fully saturated rings. The lowest BCUT2D eigenvalue weighted by atomic mass is 9.91. The van der Waals surface area contributed by atoms with Crippen molar-refractivity contribution in [1.82, 2.24) is 15.3 Å². The van der Waals surface area contributed by atoms with Gasteiger partial charge in [0.1, 0.15) is 11.4 Å². The Balaban J connectivity index is 1.39. The zero-order valence-corrected chi connectivity index (χ0v) is 23.0. The number of nitrogens with one attached hydrogen (secondary N) is 2. The second kappa shape index (κ2) is 10.8. The summed E-state index contributed by atoms with van der Waals surface area (Å²) in [5.74, 6) is 2.29. The number of fused-ring (bicyclic) bond motifs is 1. The van der Waals surface area contributed by atoms with E-state index in [0.29, 0.717) is 41.5 Å². The van der Waals surface area contributed by atoms with Gasteiger partial charge in [-0.15, -0.1) is 0 Å². The summed E-state index contributed by atoms with van der Waals surface area (Å²) in [5.41, 5.74) is 1.41. The van der Waals surface area contributed by atoms with E-state index in [1.807, 2.05) is 19.9 Å². The second-order valence-corrected chi connectivity index (χ2v) is 11.6. The minimum atomic E-state index is -0.539. The summed E-state index contributed by atoms with van der Waals surface area (Å²) in [5, 5.41) is 6.36. The highest BCUT2D eigenvalue weighted by Gasteiger charge is 2.41. The average Bonchev–Trinajstić information content (AvgIpc) is 3.63. The monoisotopic (exact) mass is 520 g/mol. The molecule has 2 saturated carbocycles. The fourth-order valence-electron chi connectivity index (χ4n) is 6.13. The van der Waals surface area contributed by atoms with E-state index in [2.05, 4.69) is 20.5 Å². The fourth-order valence-corrected chi connectivity index (χ4v) is 6.13. The van der Waals surface area contributed by atoms with Crippen molar-refractivity contribution in [2.24, 2.45) is 11.3 Å². The minimum Gasteiger partial charge on any atom is -0.495 e. The van der Waals surface area contributed by atoms with E-state index < -0.39 is 5.41 Å². The number of carbonyl (C=O) groups is 2. The van der Waals surface area contributed by atoms with Crippen LogP contribution in [0.15, 0.2) is 24.4 Å². The summed E-state index contributed by atoms with van der Waals surface area (Å²) in [4.78, 5) is 39.5. The Morgan fingerprint density at radius 3 is 2.55 bits per heavy atom. The van der Waals surface area contributed by atoms with Crippen LogP contribution in [0.1, 0.15) is 75.6 Å². The second-order valence-electron chi connectivity index (χ2n) is 11.6. The number of hydrogen-bond donors (Lipinski definition) is 2. The molecule has 9 heteroatoms. The molecule has 1 aromatic heterocycles. The Labute approximate surface area is 225 Å². The molecule has 1 aromatic carbocycles. The smallest absolute Gasteiger partial charge is 0.251 e. The quantitative estimate of drug-likeness (QED) is 0.536. The SMILES string of the molecule is COc1cc(C(=O)NCC2CCCC2)ccc1Nc1ncc2c(n1)N(C1CCCC1)CC(C)(C)C(=O)N2C. The van der Waals surface area contributed by atoms with Crippen molar-refractivity contribution >= 4 is 35.0 Å². The van der Waals surface area contributed by atoms with E-state index in [9.17, 15) is 9.59 Å². The van der Waals surface area contributed by atoms with Crippen molar-refractivity contribution in [1.29, 1.82) is 0 Å². The molecule has 38 heavy (non-hydrogen) atoms. The molecule has 2 aliphatic carbocycles. The van der Waals surface area contributed by atoms with Crippen LogP contribution in [-0.2, 0) is 4.79 Å². The van der Waals surface area contributed by atoms with Gasteiger partial charge in [-0.05, 0) is 63.6 Å². The number of amides is 2. The van der Waals surface area contributed by atoms with Gasteiger partial charge in [-0.2, -0.15) is 4.98 Å². The summed E-state index contributed by atoms with van der Waals surface area (Å²) < 4.78 is 5.62. The number of benzene rings is 1. The summed E-state index contributed by atoms with van der Waals surface area (Å²) in [6.45, 7) is 5.33. The molecule has 0 atom stereocenters. The first-order valence-corrected chi connectivity index (χ1v) is 13.9. The van der Waals surface area contributed by atoms with E-state index in [1.165, 1.54) is 38.5 Å². The van der Waals surface area contributed by atoms with Crippen LogP contribution < -0.4 is 25.2 Å². The van der Waals surface area contributed by atoms with Crippen LogP contribution in [0, 0.1) is 11.3 Å². The van der Waals surface area contributed by atoms with Gasteiger partial charge in [-0.3, -0.25) is 9.59 Å². The summed E-state index contributed by atoms with van der Waals surface area (Å²) >= 11 is 0. The maximum absolute atomic E-state index is 13.2. The van der Waals surface area contributed by atoms with Gasteiger partial charge < -0.3 is 25.2 Å². The zero-order valence-electron chi connectivity index (χ0n) is 23.0. The van der Waals surface area contributed by atoms with Crippen LogP contribution in [0.3, 0.4) is 0 Å². The average molecular weight is 521 g/mol. The van der Waals surface area contributed by atoms with Crippen molar-refractivity contribution in [3.63, 3.8) is 0 Å². The number of methoxy groups -OCH3 is 1. The van der Waals surface area contributed by atoms with Crippen molar-refractivity contribution in [2.45, 2.75) is 71.3 Å². The van der Waals surface area contributed by atoms with Gasteiger partial charge in [0.05, 0.1) is 24.4 Å². The Morgan fingerprint density at radius 2 is 1.84 bits per heavy atom. The molecule has 1 aliphatic heterocycles. The van der Waals surface area contributed by atoms with Crippen LogP contribution in [0.25, 0.3) is 0 Å². The Morgan fingerprint density at radius 1 is 1.13 bits per heavy atom. The highest BCUT2D eigenvalue weighted by Crippen LogP contribution is 2.40. The first kappa shape index (κ1) is 26.3. The number of rotatable bonds is 7. The van der Waals surface area contributed by atoms with Gasteiger partial charge in [0.25, 0.3) is 5.91 Å². The third kappa shape index (κ3) is 5.28. The third-order valence-electron chi connectivity index (χ3n) is 8.33. The number of anilines is 4. The van der Waals surface area contributed by atoms with Crippen LogP contribution in [0.2, 0.25) is 0 Å². The zero-order chi connectivity index (χ0) is 26.9. The predicted molar refractivity (Wildman–Crippen MR) is 149 cm³/mol. The maximum atomic E-state index is 13.2. The molecular weight excluding hydrogens is 480 g/mol. The molecule has 0 bridgehead atoms. The van der Waals surface area contributed by atoms with Crippen LogP contribution in [0.4, 0.5) is 23.1 Å². The number of hydrogen-bond acceptors (Lipinski definition) is 7. The van der Waals surface area contributed by atoms with Crippen molar-refractivity contribution < 1.29 is 14.3 Å². The van der Waals surface area contributed by atoms with Crippen LogP contribution in [0.5, 0.6) is 5.75 Å². The summed E-state index contributed by atoms with van der Waals surface area (Å²) in [7, 11) is 3.39. The van der Waals surface area contributed by atoms with Crippen LogP contribution >= 0.6 is 0 Å². The highest BCUT2D eigenvalue weighted by atomic mass is 16.5. The van der Waals surface area contributed by atoms with Gasteiger partial charge in [0.15, 0.2) is 5.82 Å². The number of aromatic nitrogens is 2. The lowest BCUT2D eigenvalue weighted by molar-refractivity contribution is -0.125. The predicted octanol–water partition coefficient (Wildman–Crippen LogP) is 4.90. The number of ether oxygens (including phenoxy) is 1. The van der Waals surface area contributed by atoms with Crippen molar-refractivity contribution in [3.05, 3.63) is 30.0 Å². The van der Waals surface area contributed by atoms with E-state index in [0.717, 1.165) is 30.9 Å². The molecule has 0 radical (unpaired) electrons. The lowest BCUT2D eigenvalue weighted by Gasteiger charge is -2.34. The molecule has 0 spiro atoms. The van der Waals surface area contributed by atoms with Gasteiger partial charge in [-0.25, -0.2) is 4.98 Å². The normalized spacial score (nSPS) is 19.8. The maximum Gasteiger partial charge on any atom is 0.251 e. The fraction of sp³-hybridized carbons (Fsp3) is 0.586. The number of nitrogens with zero attached hydrogens (tertiary/aromatic N) is 4. The first-order chi connectivity index (χ1) is 18.3. The van der Waals surface area contributed by atoms with Gasteiger partial charge in [-0.1, -0.05) is 25.7 Å². The molecule has 204 valence electrons. The Kier molecular flexibility index (Phi) is 7.45. The van der Waals surface area contributed by atoms with Gasteiger partial charge in [0, 0.05) is 31.7 Å². The molecule has 2 N–H and O–H groups in total. The van der Waals surface area contributed by atoms with E-state index in [-0.39, 0.29) is 11.8 Å². The molecule has 2 heterocycles. The van der Waals surface area contributed by atoms with Gasteiger partial charge in [0.2, 0.25) is 11.9 Å². The molecule has 0 saturated heterocycles. The third-order valence-corrected chi connectivity index (χ3v) is 8.33. The summed E-state index contributed by atoms with van der Waals surface area (Å²) in [6, 6.07) is 5.71. The largest absolute Gasteiger partial charge is 0.495 e. The molecule has 5 rings (SSSR count). The Bertz CT molecular complexity index is 1190. The number of carbonyl (C=O) groups excluding carboxylic acids is 2. The van der Waals surface area contributed by atoms with Crippen LogP contribution in [-0.4, -0.2) is 55.1 Å². The molecular formula is C29H40N6O3. The van der Waals surface area contributed by atoms with Crippen molar-refractivity contribution in [3.8, 4) is 5.75 Å². The van der Waals surface area contributed by atoms with Gasteiger partial charge >= 0.3 is 0 Å². The highest BCUT2D eigenvalue weighted by molar-refractivity contribution is 6.01. The minimum absolute atomic E-state index is 0.0621. The summed E-state index contributed by atoms with van der Waals surface area (Å²) in [6.07, 6.45) is 11.2. The lowest BCUT2D eigenvalue weighted by Crippen LogP contribution is -2.45. The van der Waals surface area contributed by atoms with E-state index in [1.54, 1.807) is 37.4 Å². The molecule has 2 amide bonds. The standard InChI is InChI=1S/C29H40N6O3/c1-29(2)18-35(21-11-7-8-12-21)25-23(34(3)27(29)37)17-31-28(33-25)32-22-14-13-20(15-24(22)38-4)26(36)30-16-19-9-5-6-10-19/h13-15,17,19,21H,5-12,16,18H2,1-4H3,(H,30,36)(H,31,32,33). The Hall–Kier alpha value is -3.36. The van der Waals surface area contributed by atoms with Crippen molar-refractivity contribution in [2.75, 3.05) is 42.4 Å². The molecule has 0 unspecified atom stereocenters. The molecule has 9 nitrogen and oxygen atoms in total. The van der Waals surface area contributed by atoms with E-state index >= 15 is 0 Å². The first-order valence-electron chi connectivity index (χ1n) is 13.9. The topological polar surface area (TPSA) is 99.7 Å². The molecule has 2 aromatic rings. The molecule has 3 aliphatic rings. The van der Waals surface area contributed by atoms with E-state index in [4.69, 9.17) is 9.72 Å².